The lowest BCUT2D eigenvalue weighted by Crippen LogP contribution is -2.70. The van der Waals surface area contributed by atoms with E-state index in [0.717, 1.165) is 20.8 Å². The van der Waals surface area contributed by atoms with Crippen molar-refractivity contribution in [2.75, 3.05) is 33.0 Å². The smallest absolute Gasteiger partial charge is 0.364 e. The average molecular weight is 1040 g/mol. The minimum atomic E-state index is -2.97. The molecule has 0 aromatic heterocycles. The quantitative estimate of drug-likeness (QED) is 0.0571. The van der Waals surface area contributed by atoms with Crippen LogP contribution in [0.25, 0.3) is 0 Å². The summed E-state index contributed by atoms with van der Waals surface area (Å²) in [4.78, 5) is 49.5. The lowest BCUT2D eigenvalue weighted by Gasteiger charge is -2.50. The molecular weight excluding hydrogens is 974 g/mol. The van der Waals surface area contributed by atoms with Gasteiger partial charge in [0.05, 0.1) is 45.2 Å². The van der Waals surface area contributed by atoms with E-state index in [1.165, 1.54) is 0 Å². The first-order valence-electron chi connectivity index (χ1n) is 22.2. The van der Waals surface area contributed by atoms with Crippen molar-refractivity contribution in [3.05, 3.63) is 0 Å². The first kappa shape index (κ1) is 58.8. The van der Waals surface area contributed by atoms with Gasteiger partial charge >= 0.3 is 5.97 Å². The molecule has 5 saturated heterocycles. The van der Waals surface area contributed by atoms with E-state index in [4.69, 9.17) is 42.6 Å². The fourth-order valence-electron chi connectivity index (χ4n) is 8.83. The lowest BCUT2D eigenvalue weighted by atomic mass is 9.88. The minimum Gasteiger partial charge on any atom is -0.477 e. The zero-order valence-electron chi connectivity index (χ0n) is 38.1. The second kappa shape index (κ2) is 25.0. The summed E-state index contributed by atoms with van der Waals surface area (Å²) in [6.45, 7) is -2.08. The molecule has 410 valence electrons. The Balaban J connectivity index is 1.37. The fraction of sp³-hybridized carbons (Fsp3) is 0.897. The van der Waals surface area contributed by atoms with Gasteiger partial charge in [-0.15, -0.1) is 0 Å². The van der Waals surface area contributed by atoms with Gasteiger partial charge < -0.3 is 140 Å². The predicted octanol–water partition coefficient (Wildman–Crippen LogP) is -12.3. The van der Waals surface area contributed by atoms with Crippen LogP contribution >= 0.6 is 0 Å². The number of hydrogen-bond donors (Lipinski definition) is 19. The molecule has 32 nitrogen and oxygen atoms in total. The van der Waals surface area contributed by atoms with Crippen LogP contribution in [-0.2, 0) is 61.8 Å². The third kappa shape index (κ3) is 13.1. The Morgan fingerprint density at radius 1 is 0.563 bits per heavy atom. The minimum absolute atomic E-state index is 0.778. The van der Waals surface area contributed by atoms with Crippen molar-refractivity contribution in [3.8, 4) is 0 Å². The van der Waals surface area contributed by atoms with E-state index in [9.17, 15) is 101 Å². The Hall–Kier alpha value is -3.08. The standard InChI is InChI=1S/C39H65N3O29/c1-10(47)40-19-13(50)4-39(38(61)62,71-33(19)22(52)14(51)5-43)63-9-18-25(55)31(20(34(60)64-18)41-11(2)48)69-37-29(59)27(57)30(17(8-46)67-37)68-35-21(42-12(3)49)32(24(54)16(7-45)65-35)70-36-28(58)26(56)23(53)15(6-44)66-36/h13-37,43-46,50-60H,4-9H2,1-3H3,(H,40,47)(H,41,48)(H,42,49)(H,61,62)/t13-,14+,15+,16+,17+,18+,19+,20+,21+,22+,23-,24-,25-,26-,27+,28+,29+,30-,31+,32+,33+,34-,35+,36-,37-,39+/m0/s1. The van der Waals surface area contributed by atoms with E-state index in [-0.39, 0.29) is 0 Å². The van der Waals surface area contributed by atoms with E-state index < -0.39 is 222 Å². The van der Waals surface area contributed by atoms with Crippen molar-refractivity contribution >= 4 is 23.7 Å². The van der Waals surface area contributed by atoms with Crippen molar-refractivity contribution in [1.82, 2.24) is 16.0 Å². The molecule has 26 atom stereocenters. The van der Waals surface area contributed by atoms with Gasteiger partial charge in [-0.1, -0.05) is 0 Å². The highest BCUT2D eigenvalue weighted by Crippen LogP contribution is 2.37. The van der Waals surface area contributed by atoms with E-state index in [1.807, 2.05) is 0 Å². The van der Waals surface area contributed by atoms with Crippen LogP contribution < -0.4 is 16.0 Å². The Morgan fingerprint density at radius 3 is 1.56 bits per heavy atom. The largest absolute Gasteiger partial charge is 0.477 e. The Morgan fingerprint density at radius 2 is 1.03 bits per heavy atom. The maximum absolute atomic E-state index is 12.8. The fourth-order valence-corrected chi connectivity index (χ4v) is 8.83. The van der Waals surface area contributed by atoms with E-state index in [1.54, 1.807) is 0 Å². The van der Waals surface area contributed by atoms with Gasteiger partial charge in [-0.05, 0) is 0 Å². The molecule has 0 bridgehead atoms. The van der Waals surface area contributed by atoms with Gasteiger partial charge in [0.1, 0.15) is 116 Å². The molecular formula is C39H65N3O29. The van der Waals surface area contributed by atoms with Gasteiger partial charge in [-0.2, -0.15) is 0 Å². The summed E-state index contributed by atoms with van der Waals surface area (Å²) in [6.07, 6.45) is -43.9. The van der Waals surface area contributed by atoms with Gasteiger partial charge in [0.25, 0.3) is 5.79 Å². The van der Waals surface area contributed by atoms with Crippen molar-refractivity contribution in [2.45, 2.75) is 186 Å². The molecule has 5 aliphatic heterocycles. The number of aliphatic carboxylic acids is 1. The highest BCUT2D eigenvalue weighted by atomic mass is 16.8. The number of carbonyl (C=O) groups excluding carboxylic acids is 3. The summed E-state index contributed by atoms with van der Waals surface area (Å²) in [5.74, 6) is -7.37. The number of amides is 3. The van der Waals surface area contributed by atoms with Crippen LogP contribution in [0.2, 0.25) is 0 Å². The number of carboxylic acids is 1. The number of nitrogens with one attached hydrogen (secondary N) is 3. The van der Waals surface area contributed by atoms with Gasteiger partial charge in [-0.3, -0.25) is 14.4 Å². The summed E-state index contributed by atoms with van der Waals surface area (Å²) in [7, 11) is 0. The zero-order chi connectivity index (χ0) is 53.0. The Kier molecular flexibility index (Phi) is 20.7. The predicted molar refractivity (Wildman–Crippen MR) is 219 cm³/mol. The highest BCUT2D eigenvalue weighted by molar-refractivity contribution is 5.77. The molecule has 5 heterocycles. The highest BCUT2D eigenvalue weighted by Gasteiger charge is 2.59. The molecule has 0 saturated carbocycles. The van der Waals surface area contributed by atoms with E-state index in [0.29, 0.717) is 0 Å². The number of hydrogen-bond acceptors (Lipinski definition) is 28. The third-order valence-corrected chi connectivity index (χ3v) is 12.5. The number of rotatable bonds is 19. The van der Waals surface area contributed by atoms with E-state index >= 15 is 0 Å². The second-order valence-corrected chi connectivity index (χ2v) is 17.6. The van der Waals surface area contributed by atoms with Crippen LogP contribution in [0.4, 0.5) is 0 Å². The molecule has 3 amide bonds. The van der Waals surface area contributed by atoms with Crippen LogP contribution in [-0.4, -0.2) is 297 Å². The Labute approximate surface area is 402 Å². The third-order valence-electron chi connectivity index (χ3n) is 12.5. The molecule has 19 N–H and O–H groups in total. The van der Waals surface area contributed by atoms with Crippen molar-refractivity contribution < 1.29 is 144 Å². The molecule has 0 radical (unpaired) electrons. The van der Waals surface area contributed by atoms with Gasteiger partial charge in [0.2, 0.25) is 17.7 Å². The number of aliphatic hydroxyl groups is 15. The van der Waals surface area contributed by atoms with Gasteiger partial charge in [0.15, 0.2) is 25.2 Å². The maximum Gasteiger partial charge on any atom is 0.364 e. The molecule has 5 rings (SSSR count). The normalized spacial score (nSPS) is 45.0. The molecule has 71 heavy (non-hydrogen) atoms. The molecule has 0 aromatic rings. The molecule has 5 aliphatic rings. The molecule has 0 aliphatic carbocycles. The monoisotopic (exact) mass is 1040 g/mol. The van der Waals surface area contributed by atoms with Crippen LogP contribution in [0.1, 0.15) is 27.2 Å². The van der Waals surface area contributed by atoms with Gasteiger partial charge in [0, 0.05) is 27.2 Å². The number of ether oxygens (including phenoxy) is 9. The molecule has 0 unspecified atom stereocenters. The van der Waals surface area contributed by atoms with Crippen LogP contribution in [0.5, 0.6) is 0 Å². The Bertz CT molecular complexity index is 1770. The number of carbonyl (C=O) groups is 4. The summed E-state index contributed by atoms with van der Waals surface area (Å²) in [5.41, 5.74) is 0. The summed E-state index contributed by atoms with van der Waals surface area (Å²) >= 11 is 0. The van der Waals surface area contributed by atoms with Crippen molar-refractivity contribution in [2.24, 2.45) is 0 Å². The summed E-state index contributed by atoms with van der Waals surface area (Å²) < 4.78 is 51.0. The summed E-state index contributed by atoms with van der Waals surface area (Å²) in [5, 5.41) is 177. The lowest BCUT2D eigenvalue weighted by molar-refractivity contribution is -0.375. The van der Waals surface area contributed by atoms with Crippen LogP contribution in [0.15, 0.2) is 0 Å². The molecule has 32 heteroatoms. The zero-order valence-corrected chi connectivity index (χ0v) is 38.1. The van der Waals surface area contributed by atoms with Gasteiger partial charge in [-0.25, -0.2) is 4.79 Å². The van der Waals surface area contributed by atoms with Crippen molar-refractivity contribution in [1.29, 1.82) is 0 Å². The van der Waals surface area contributed by atoms with Crippen molar-refractivity contribution in [3.63, 3.8) is 0 Å². The van der Waals surface area contributed by atoms with Crippen LogP contribution in [0, 0.1) is 0 Å². The summed E-state index contributed by atoms with van der Waals surface area (Å²) in [6, 6.07) is -5.03. The number of aliphatic hydroxyl groups excluding tert-OH is 15. The number of carboxylic acid groups (broad SMARTS) is 1. The molecule has 0 aromatic carbocycles. The van der Waals surface area contributed by atoms with Crippen LogP contribution in [0.3, 0.4) is 0 Å². The molecule has 0 spiro atoms. The molecule has 5 fully saturated rings. The first-order chi connectivity index (χ1) is 33.3. The maximum atomic E-state index is 12.8. The van der Waals surface area contributed by atoms with E-state index in [2.05, 4.69) is 16.0 Å². The average Bonchev–Trinajstić information content (AvgIpc) is 3.31. The second-order valence-electron chi connectivity index (χ2n) is 17.6. The SMILES string of the molecule is CC(=O)N[C@@H]1[C@@H](O[C@@H]2O[C@H](CO)[C@H](O[C@H]3O[C@H](CO)[C@H](O)[C@H](O[C@@H]4O[C@H](CO)[C@H](O)[C@H](O)[C@H]4O)[C@H]3NC(C)=O)[C@H](O)[C@H]2O)[C@@H](O)[C@@H](CO[C@]2(C(=O)O)C[C@H](O)[C@@H](NC(C)=O)[C@H]([C@H](O)[C@H](O)CO)O2)O[C@@H]1O. The first-order valence-corrected chi connectivity index (χ1v) is 22.2. The topological polar surface area (TPSA) is 511 Å².